The van der Waals surface area contributed by atoms with Gasteiger partial charge in [0.25, 0.3) is 0 Å². The van der Waals surface area contributed by atoms with Crippen LogP contribution in [0.1, 0.15) is 19.0 Å². The molecule has 0 radical (unpaired) electrons. The summed E-state index contributed by atoms with van der Waals surface area (Å²) in [6, 6.07) is 7.17. The predicted molar refractivity (Wildman–Crippen MR) is 60.5 cm³/mol. The average Bonchev–Trinajstić information content (AvgIpc) is 2.61. The van der Waals surface area contributed by atoms with Crippen LogP contribution in [0.25, 0.3) is 10.9 Å². The van der Waals surface area contributed by atoms with E-state index in [4.69, 9.17) is 5.73 Å². The van der Waals surface area contributed by atoms with Crippen LogP contribution < -0.4 is 5.73 Å². The predicted octanol–water partition coefficient (Wildman–Crippen LogP) is 2.93. The summed E-state index contributed by atoms with van der Waals surface area (Å²) in [4.78, 5) is 0. The van der Waals surface area contributed by atoms with Gasteiger partial charge in [-0.2, -0.15) is 8.78 Å². The molecule has 1 aromatic carbocycles. The van der Waals surface area contributed by atoms with Crippen molar-refractivity contribution in [2.24, 2.45) is 5.73 Å². The van der Waals surface area contributed by atoms with Gasteiger partial charge in [-0.05, 0) is 31.0 Å². The number of nitrogens with two attached hydrogens (primary N) is 1. The van der Waals surface area contributed by atoms with Gasteiger partial charge in [-0.1, -0.05) is 12.1 Å². The first-order valence-corrected chi connectivity index (χ1v) is 5.21. The third-order valence-corrected chi connectivity index (χ3v) is 2.61. The van der Waals surface area contributed by atoms with Crippen molar-refractivity contribution in [2.45, 2.75) is 25.9 Å². The Morgan fingerprint density at radius 1 is 1.31 bits per heavy atom. The van der Waals surface area contributed by atoms with Gasteiger partial charge < -0.3 is 5.73 Å². The van der Waals surface area contributed by atoms with Gasteiger partial charge in [-0.3, -0.25) is 4.57 Å². The molecule has 1 heterocycles. The summed E-state index contributed by atoms with van der Waals surface area (Å²) in [7, 11) is 0. The Morgan fingerprint density at radius 2 is 2.06 bits per heavy atom. The van der Waals surface area contributed by atoms with Crippen LogP contribution in [0.5, 0.6) is 0 Å². The number of alkyl halides is 2. The van der Waals surface area contributed by atoms with E-state index >= 15 is 0 Å². The van der Waals surface area contributed by atoms with E-state index in [1.807, 2.05) is 13.0 Å². The van der Waals surface area contributed by atoms with Gasteiger partial charge in [0.05, 0.1) is 5.52 Å². The van der Waals surface area contributed by atoms with E-state index in [1.165, 1.54) is 6.20 Å². The second-order valence-corrected chi connectivity index (χ2v) is 4.03. The Balaban J connectivity index is 2.53. The fourth-order valence-corrected chi connectivity index (χ4v) is 1.95. The molecule has 1 unspecified atom stereocenters. The van der Waals surface area contributed by atoms with E-state index in [2.05, 4.69) is 0 Å². The van der Waals surface area contributed by atoms with Crippen LogP contribution in [0, 0.1) is 0 Å². The molecule has 16 heavy (non-hydrogen) atoms. The zero-order valence-electron chi connectivity index (χ0n) is 9.03. The van der Waals surface area contributed by atoms with E-state index in [1.54, 1.807) is 18.2 Å². The summed E-state index contributed by atoms with van der Waals surface area (Å²) in [5, 5.41) is 0.861. The standard InChI is InChI=1S/C12H14F2N2/c1-8(15)7-9-3-2-4-11-10(9)5-6-16(11)12(13)14/h2-6,8,12H,7,15H2,1H3. The monoisotopic (exact) mass is 224 g/mol. The highest BCUT2D eigenvalue weighted by molar-refractivity contribution is 5.83. The van der Waals surface area contributed by atoms with Crippen molar-refractivity contribution < 1.29 is 8.78 Å². The summed E-state index contributed by atoms with van der Waals surface area (Å²) < 4.78 is 26.3. The maximum atomic E-state index is 12.7. The van der Waals surface area contributed by atoms with Crippen LogP contribution in [0.4, 0.5) is 8.78 Å². The molecule has 2 N–H and O–H groups in total. The summed E-state index contributed by atoms with van der Waals surface area (Å²) in [6.07, 6.45) is 2.12. The number of fused-ring (bicyclic) bond motifs is 1. The molecule has 0 amide bonds. The number of benzene rings is 1. The van der Waals surface area contributed by atoms with Crippen LogP contribution in [-0.4, -0.2) is 10.6 Å². The molecule has 1 aromatic heterocycles. The normalized spacial score (nSPS) is 13.6. The maximum Gasteiger partial charge on any atom is 0.319 e. The smallest absolute Gasteiger partial charge is 0.319 e. The number of halogens is 2. The highest BCUT2D eigenvalue weighted by atomic mass is 19.3. The molecule has 4 heteroatoms. The number of hydrogen-bond acceptors (Lipinski definition) is 1. The minimum Gasteiger partial charge on any atom is -0.328 e. The number of nitrogens with zero attached hydrogens (tertiary/aromatic N) is 1. The number of aromatic nitrogens is 1. The van der Waals surface area contributed by atoms with E-state index in [-0.39, 0.29) is 6.04 Å². The van der Waals surface area contributed by atoms with Crippen molar-refractivity contribution in [3.8, 4) is 0 Å². The molecule has 0 fully saturated rings. The molecule has 0 aliphatic rings. The summed E-state index contributed by atoms with van der Waals surface area (Å²) in [5.74, 6) is 0. The molecule has 0 saturated carbocycles. The second kappa shape index (κ2) is 4.22. The first-order chi connectivity index (χ1) is 7.59. The minimum atomic E-state index is -2.50. The Bertz CT molecular complexity index is 489. The SMILES string of the molecule is CC(N)Cc1cccc2c1ccn2C(F)F. The maximum absolute atomic E-state index is 12.7. The van der Waals surface area contributed by atoms with E-state index in [0.717, 1.165) is 15.5 Å². The molecular weight excluding hydrogens is 210 g/mol. The molecule has 0 saturated heterocycles. The third-order valence-electron chi connectivity index (χ3n) is 2.61. The van der Waals surface area contributed by atoms with Crippen molar-refractivity contribution in [3.63, 3.8) is 0 Å². The Kier molecular flexibility index (Phi) is 2.92. The fourth-order valence-electron chi connectivity index (χ4n) is 1.95. The largest absolute Gasteiger partial charge is 0.328 e. The van der Waals surface area contributed by atoms with Crippen LogP contribution in [0.15, 0.2) is 30.5 Å². The van der Waals surface area contributed by atoms with Crippen molar-refractivity contribution in [1.29, 1.82) is 0 Å². The lowest BCUT2D eigenvalue weighted by Gasteiger charge is -2.08. The lowest BCUT2D eigenvalue weighted by molar-refractivity contribution is 0.0752. The Hall–Kier alpha value is -1.42. The van der Waals surface area contributed by atoms with Gasteiger partial charge in [0.15, 0.2) is 0 Å². The van der Waals surface area contributed by atoms with E-state index < -0.39 is 6.55 Å². The second-order valence-electron chi connectivity index (χ2n) is 4.03. The van der Waals surface area contributed by atoms with Gasteiger partial charge in [0.1, 0.15) is 0 Å². The average molecular weight is 224 g/mol. The lowest BCUT2D eigenvalue weighted by atomic mass is 10.0. The quantitative estimate of drug-likeness (QED) is 0.853. The molecule has 2 nitrogen and oxygen atoms in total. The number of hydrogen-bond donors (Lipinski definition) is 1. The van der Waals surface area contributed by atoms with Crippen LogP contribution in [0.2, 0.25) is 0 Å². The van der Waals surface area contributed by atoms with Crippen molar-refractivity contribution in [1.82, 2.24) is 4.57 Å². The van der Waals surface area contributed by atoms with Gasteiger partial charge in [-0.25, -0.2) is 0 Å². The van der Waals surface area contributed by atoms with E-state index in [0.29, 0.717) is 11.9 Å². The summed E-state index contributed by atoms with van der Waals surface area (Å²) >= 11 is 0. The number of rotatable bonds is 3. The minimum absolute atomic E-state index is 0.0282. The van der Waals surface area contributed by atoms with Gasteiger partial charge in [-0.15, -0.1) is 0 Å². The van der Waals surface area contributed by atoms with Crippen LogP contribution >= 0.6 is 0 Å². The summed E-state index contributed by atoms with van der Waals surface area (Å²) in [6.45, 7) is -0.591. The molecule has 86 valence electrons. The molecule has 0 spiro atoms. The summed E-state index contributed by atoms with van der Waals surface area (Å²) in [5.41, 5.74) is 7.31. The zero-order valence-corrected chi connectivity index (χ0v) is 9.03. The van der Waals surface area contributed by atoms with Gasteiger partial charge >= 0.3 is 6.55 Å². The first kappa shape index (κ1) is 11.1. The van der Waals surface area contributed by atoms with Gasteiger partial charge in [0, 0.05) is 17.6 Å². The Labute approximate surface area is 92.7 Å². The Morgan fingerprint density at radius 3 is 2.69 bits per heavy atom. The molecular formula is C12H14F2N2. The topological polar surface area (TPSA) is 30.9 Å². The van der Waals surface area contributed by atoms with Gasteiger partial charge in [0.2, 0.25) is 0 Å². The highest BCUT2D eigenvalue weighted by Crippen LogP contribution is 2.25. The third kappa shape index (κ3) is 1.93. The molecule has 0 aliphatic carbocycles. The molecule has 1 atom stereocenters. The molecule has 0 bridgehead atoms. The lowest BCUT2D eigenvalue weighted by Crippen LogP contribution is -2.17. The zero-order chi connectivity index (χ0) is 11.7. The molecule has 2 rings (SSSR count). The molecule has 2 aromatic rings. The van der Waals surface area contributed by atoms with Crippen molar-refractivity contribution >= 4 is 10.9 Å². The van der Waals surface area contributed by atoms with Crippen molar-refractivity contribution in [2.75, 3.05) is 0 Å². The van der Waals surface area contributed by atoms with E-state index in [9.17, 15) is 8.78 Å². The van der Waals surface area contributed by atoms with Crippen LogP contribution in [-0.2, 0) is 6.42 Å². The molecule has 0 aliphatic heterocycles. The first-order valence-electron chi connectivity index (χ1n) is 5.21. The van der Waals surface area contributed by atoms with Crippen LogP contribution in [0.3, 0.4) is 0 Å². The highest BCUT2D eigenvalue weighted by Gasteiger charge is 2.11. The van der Waals surface area contributed by atoms with Crippen molar-refractivity contribution in [3.05, 3.63) is 36.0 Å². The fraction of sp³-hybridized carbons (Fsp3) is 0.333.